The van der Waals surface area contributed by atoms with Crippen LogP contribution in [0, 0.1) is 10.1 Å². The molecule has 0 heterocycles. The number of hydrogen-bond donors (Lipinski definition) is 1. The largest absolute Gasteiger partial charge is 0.363 e. The summed E-state index contributed by atoms with van der Waals surface area (Å²) in [6.07, 6.45) is 0.271. The zero-order valence-electron chi connectivity index (χ0n) is 8.11. The minimum atomic E-state index is -0.511. The fourth-order valence-electron chi connectivity index (χ4n) is 0.902. The van der Waals surface area contributed by atoms with Crippen molar-refractivity contribution in [1.82, 2.24) is 0 Å². The molecule has 6 heteroatoms. The number of nitrogens with zero attached hydrogens (tertiary/aromatic N) is 2. The van der Waals surface area contributed by atoms with Gasteiger partial charge in [-0.1, -0.05) is 18.5 Å². The van der Waals surface area contributed by atoms with E-state index in [0.29, 0.717) is 10.7 Å². The molecule has 0 aliphatic rings. The van der Waals surface area contributed by atoms with Crippen LogP contribution in [0.15, 0.2) is 29.4 Å². The topological polar surface area (TPSA) is 67.5 Å². The summed E-state index contributed by atoms with van der Waals surface area (Å²) in [5.74, 6) is -0.107. The van der Waals surface area contributed by atoms with Crippen molar-refractivity contribution in [1.29, 1.82) is 0 Å². The normalized spacial score (nSPS) is 11.2. The number of nitro groups is 1. The quantitative estimate of drug-likeness (QED) is 0.374. The molecule has 80 valence electrons. The molecule has 1 rings (SSSR count). The molecule has 0 spiro atoms. The Hall–Kier alpha value is -1.62. The lowest BCUT2D eigenvalue weighted by atomic mass is 10.3. The van der Waals surface area contributed by atoms with E-state index in [1.807, 2.05) is 0 Å². The lowest BCUT2D eigenvalue weighted by Gasteiger charge is -1.97. The maximum atomic E-state index is 10.4. The fourth-order valence-corrected chi connectivity index (χ4v) is 1.03. The molecule has 1 aromatic carbocycles. The summed E-state index contributed by atoms with van der Waals surface area (Å²) in [6, 6.07) is 6.74. The highest BCUT2D eigenvalue weighted by atomic mass is 35.5. The molecule has 5 nitrogen and oxygen atoms in total. The van der Waals surface area contributed by atoms with Gasteiger partial charge >= 0.3 is 5.84 Å². The summed E-state index contributed by atoms with van der Waals surface area (Å²) in [5.41, 5.74) is 3.25. The van der Waals surface area contributed by atoms with Gasteiger partial charge in [-0.3, -0.25) is 0 Å². The molecule has 0 bridgehead atoms. The molecule has 0 aliphatic carbocycles. The Morgan fingerprint density at radius 1 is 1.53 bits per heavy atom. The zero-order chi connectivity index (χ0) is 11.3. The second-order valence-corrected chi connectivity index (χ2v) is 3.19. The number of nitrogens with one attached hydrogen (secondary N) is 1. The molecule has 1 N–H and O–H groups in total. The second kappa shape index (κ2) is 5.31. The van der Waals surface area contributed by atoms with E-state index in [2.05, 4.69) is 10.5 Å². The minimum Gasteiger partial charge on any atom is -0.358 e. The van der Waals surface area contributed by atoms with E-state index in [0.717, 1.165) is 0 Å². The van der Waals surface area contributed by atoms with Crippen molar-refractivity contribution in [3.63, 3.8) is 0 Å². The molecule has 1 aromatic rings. The van der Waals surface area contributed by atoms with Gasteiger partial charge < -0.3 is 10.1 Å². The van der Waals surface area contributed by atoms with Gasteiger partial charge in [-0.05, 0) is 29.2 Å². The third-order valence-electron chi connectivity index (χ3n) is 1.69. The first-order valence-corrected chi connectivity index (χ1v) is 4.73. The van der Waals surface area contributed by atoms with Crippen LogP contribution in [0.25, 0.3) is 0 Å². The van der Waals surface area contributed by atoms with Crippen LogP contribution in [0.1, 0.15) is 13.3 Å². The predicted octanol–water partition coefficient (Wildman–Crippen LogP) is 2.75. The zero-order valence-corrected chi connectivity index (χ0v) is 8.86. The van der Waals surface area contributed by atoms with Crippen LogP contribution < -0.4 is 5.43 Å². The number of halogens is 1. The highest BCUT2D eigenvalue weighted by Gasteiger charge is 2.08. The predicted molar refractivity (Wildman–Crippen MR) is 59.8 cm³/mol. The Labute approximate surface area is 91.9 Å². The molecule has 0 unspecified atom stereocenters. The highest BCUT2D eigenvalue weighted by molar-refractivity contribution is 6.30. The Balaban J connectivity index is 2.70. The van der Waals surface area contributed by atoms with Gasteiger partial charge in [0.25, 0.3) is 0 Å². The van der Waals surface area contributed by atoms with Gasteiger partial charge in [0.15, 0.2) is 0 Å². The van der Waals surface area contributed by atoms with Gasteiger partial charge in [0, 0.05) is 5.02 Å². The summed E-state index contributed by atoms with van der Waals surface area (Å²) in [7, 11) is 0. The van der Waals surface area contributed by atoms with Crippen LogP contribution in [0.4, 0.5) is 5.69 Å². The molecule has 0 fully saturated rings. The second-order valence-electron chi connectivity index (χ2n) is 2.76. The van der Waals surface area contributed by atoms with E-state index in [1.165, 1.54) is 0 Å². The van der Waals surface area contributed by atoms with Crippen LogP contribution in [0.5, 0.6) is 0 Å². The van der Waals surface area contributed by atoms with E-state index in [9.17, 15) is 10.1 Å². The standard InChI is InChI=1S/C9H10ClN3O2/c1-2-9(13(14)15)12-11-8-5-3-7(10)4-6-8/h3-6,11H,2H2,1H3/b12-9-. The monoisotopic (exact) mass is 227 g/mol. The lowest BCUT2D eigenvalue weighted by molar-refractivity contribution is -0.353. The van der Waals surface area contributed by atoms with E-state index in [-0.39, 0.29) is 12.3 Å². The molecular formula is C9H10ClN3O2. The molecule has 0 aromatic heterocycles. The SMILES string of the molecule is CC/C(=N/Nc1ccc(Cl)cc1)[N+](=O)[O-]. The minimum absolute atomic E-state index is 0.107. The van der Waals surface area contributed by atoms with Gasteiger partial charge in [-0.25, -0.2) is 0 Å². The summed E-state index contributed by atoms with van der Waals surface area (Å²) in [6.45, 7) is 1.67. The van der Waals surface area contributed by atoms with Gasteiger partial charge in [0.2, 0.25) is 0 Å². The van der Waals surface area contributed by atoms with Crippen LogP contribution >= 0.6 is 11.6 Å². The van der Waals surface area contributed by atoms with Crippen LogP contribution in [-0.2, 0) is 0 Å². The molecule has 15 heavy (non-hydrogen) atoms. The summed E-state index contributed by atoms with van der Waals surface area (Å²) >= 11 is 5.68. The number of anilines is 1. The fraction of sp³-hybridized carbons (Fsp3) is 0.222. The van der Waals surface area contributed by atoms with Gasteiger partial charge in [-0.2, -0.15) is 5.43 Å². The summed E-state index contributed by atoms with van der Waals surface area (Å²) in [4.78, 5) is 9.91. The number of hydrogen-bond acceptors (Lipinski definition) is 4. The molecular weight excluding hydrogens is 218 g/mol. The van der Waals surface area contributed by atoms with E-state index >= 15 is 0 Å². The van der Waals surface area contributed by atoms with Crippen LogP contribution in [0.2, 0.25) is 5.02 Å². The first-order chi connectivity index (χ1) is 7.13. The third-order valence-corrected chi connectivity index (χ3v) is 1.94. The van der Waals surface area contributed by atoms with Crippen LogP contribution in [-0.4, -0.2) is 10.8 Å². The first kappa shape index (κ1) is 11.5. The average Bonchev–Trinajstić information content (AvgIpc) is 2.21. The van der Waals surface area contributed by atoms with Gasteiger partial charge in [-0.15, -0.1) is 0 Å². The number of rotatable bonds is 3. The smallest absolute Gasteiger partial charge is 0.358 e. The number of hydrazone groups is 1. The lowest BCUT2D eigenvalue weighted by Crippen LogP contribution is -2.12. The van der Waals surface area contributed by atoms with Crippen LogP contribution in [0.3, 0.4) is 0 Å². The maximum Gasteiger partial charge on any atom is 0.363 e. The number of amidine groups is 1. The Bertz CT molecular complexity index is 375. The van der Waals surface area contributed by atoms with E-state index in [4.69, 9.17) is 11.6 Å². The van der Waals surface area contributed by atoms with Crippen molar-refractivity contribution in [2.45, 2.75) is 13.3 Å². The summed E-state index contributed by atoms with van der Waals surface area (Å²) < 4.78 is 0. The highest BCUT2D eigenvalue weighted by Crippen LogP contribution is 2.13. The average molecular weight is 228 g/mol. The Morgan fingerprint density at radius 3 is 2.60 bits per heavy atom. The van der Waals surface area contributed by atoms with E-state index < -0.39 is 4.92 Å². The van der Waals surface area contributed by atoms with Crippen molar-refractivity contribution >= 4 is 23.1 Å². The summed E-state index contributed by atoms with van der Waals surface area (Å²) in [5, 5.41) is 14.7. The molecule has 0 amide bonds. The Kier molecular flexibility index (Phi) is 4.05. The van der Waals surface area contributed by atoms with Crippen molar-refractivity contribution in [2.24, 2.45) is 5.10 Å². The van der Waals surface area contributed by atoms with Crippen molar-refractivity contribution in [2.75, 3.05) is 5.43 Å². The molecule has 0 saturated carbocycles. The van der Waals surface area contributed by atoms with Crippen molar-refractivity contribution < 1.29 is 4.92 Å². The van der Waals surface area contributed by atoms with Gasteiger partial charge in [0.05, 0.1) is 17.2 Å². The molecule has 0 aliphatic heterocycles. The van der Waals surface area contributed by atoms with E-state index in [1.54, 1.807) is 31.2 Å². The molecule has 0 saturated heterocycles. The maximum absolute atomic E-state index is 10.4. The number of benzene rings is 1. The third kappa shape index (κ3) is 3.55. The Morgan fingerprint density at radius 2 is 2.13 bits per heavy atom. The molecule has 0 radical (unpaired) electrons. The first-order valence-electron chi connectivity index (χ1n) is 4.36. The van der Waals surface area contributed by atoms with Gasteiger partial charge in [0.1, 0.15) is 0 Å². The van der Waals surface area contributed by atoms with Crippen molar-refractivity contribution in [3.05, 3.63) is 39.4 Å². The molecule has 0 atom stereocenters. The van der Waals surface area contributed by atoms with Crippen molar-refractivity contribution in [3.8, 4) is 0 Å².